The number of pyridine rings is 1. The molecule has 6 heteroatoms. The normalized spacial score (nSPS) is 19.9. The highest BCUT2D eigenvalue weighted by Gasteiger charge is 2.32. The van der Waals surface area contributed by atoms with Crippen LogP contribution in [0.2, 0.25) is 0 Å². The zero-order valence-corrected chi connectivity index (χ0v) is 19.1. The first-order valence-electron chi connectivity index (χ1n) is 11.1. The summed E-state index contributed by atoms with van der Waals surface area (Å²) in [5, 5.41) is 1.15. The van der Waals surface area contributed by atoms with Crippen molar-refractivity contribution in [1.82, 2.24) is 14.8 Å². The van der Waals surface area contributed by atoms with Crippen molar-refractivity contribution in [2.45, 2.75) is 32.7 Å². The van der Waals surface area contributed by atoms with E-state index in [4.69, 9.17) is 4.74 Å². The minimum absolute atomic E-state index is 0.147. The summed E-state index contributed by atoms with van der Waals surface area (Å²) in [6.07, 6.45) is 2.90. The highest BCUT2D eigenvalue weighted by atomic mass is 32.1. The van der Waals surface area contributed by atoms with E-state index >= 15 is 0 Å². The number of amides is 1. The summed E-state index contributed by atoms with van der Waals surface area (Å²) in [5.74, 6) is 0.512. The number of fused-ring (bicyclic) bond motifs is 1. The fourth-order valence-corrected chi connectivity index (χ4v) is 6.00. The van der Waals surface area contributed by atoms with Crippen LogP contribution >= 0.6 is 11.3 Å². The van der Waals surface area contributed by atoms with Crippen molar-refractivity contribution in [3.8, 4) is 0 Å². The zero-order valence-electron chi connectivity index (χ0n) is 18.3. The summed E-state index contributed by atoms with van der Waals surface area (Å²) in [7, 11) is 0. The van der Waals surface area contributed by atoms with Gasteiger partial charge in [-0.2, -0.15) is 0 Å². The number of rotatable bonds is 4. The van der Waals surface area contributed by atoms with Crippen molar-refractivity contribution in [3.05, 3.63) is 63.7 Å². The number of benzene rings is 1. The van der Waals surface area contributed by atoms with Crippen LogP contribution < -0.4 is 0 Å². The molecule has 1 amide bonds. The lowest BCUT2D eigenvalue weighted by Gasteiger charge is -2.27. The van der Waals surface area contributed by atoms with Gasteiger partial charge in [0.25, 0.3) is 5.91 Å². The molecule has 1 atom stereocenters. The maximum Gasteiger partial charge on any atom is 0.264 e. The Morgan fingerprint density at radius 3 is 2.81 bits per heavy atom. The van der Waals surface area contributed by atoms with E-state index in [1.54, 1.807) is 11.3 Å². The Balaban J connectivity index is 1.41. The third-order valence-corrected chi connectivity index (χ3v) is 7.77. The molecule has 2 saturated heterocycles. The molecule has 2 fully saturated rings. The zero-order chi connectivity index (χ0) is 21.4. The number of aryl methyl sites for hydroxylation is 2. The number of hydrogen-bond donors (Lipinski definition) is 0. The molecule has 5 rings (SSSR count). The van der Waals surface area contributed by atoms with Crippen LogP contribution in [0.5, 0.6) is 0 Å². The molecule has 162 valence electrons. The third kappa shape index (κ3) is 4.12. The van der Waals surface area contributed by atoms with Crippen molar-refractivity contribution in [2.75, 3.05) is 39.4 Å². The van der Waals surface area contributed by atoms with E-state index in [-0.39, 0.29) is 5.91 Å². The number of aromatic nitrogens is 1. The third-order valence-electron chi connectivity index (χ3n) is 6.66. The molecule has 3 aromatic rings. The van der Waals surface area contributed by atoms with Gasteiger partial charge in [-0.3, -0.25) is 9.69 Å². The molecule has 0 N–H and O–H groups in total. The topological polar surface area (TPSA) is 45.7 Å². The summed E-state index contributed by atoms with van der Waals surface area (Å²) in [5.41, 5.74) is 5.27. The van der Waals surface area contributed by atoms with Gasteiger partial charge in [0.2, 0.25) is 0 Å². The molecule has 2 aliphatic heterocycles. The van der Waals surface area contributed by atoms with Crippen molar-refractivity contribution in [3.63, 3.8) is 0 Å². The van der Waals surface area contributed by atoms with E-state index in [2.05, 4.69) is 48.0 Å². The van der Waals surface area contributed by atoms with Crippen LogP contribution in [0.15, 0.2) is 36.5 Å². The van der Waals surface area contributed by atoms with Gasteiger partial charge in [-0.05, 0) is 55.1 Å². The molecule has 0 bridgehead atoms. The lowest BCUT2D eigenvalue weighted by atomic mass is 9.95. The first-order valence-corrected chi connectivity index (χ1v) is 11.9. The second-order valence-electron chi connectivity index (χ2n) is 8.74. The maximum absolute atomic E-state index is 13.4. The second kappa shape index (κ2) is 8.69. The lowest BCUT2D eigenvalue weighted by Crippen LogP contribution is -2.40. The Labute approximate surface area is 187 Å². The first kappa shape index (κ1) is 20.6. The lowest BCUT2D eigenvalue weighted by molar-refractivity contribution is 0.0305. The number of thiophene rings is 1. The van der Waals surface area contributed by atoms with Gasteiger partial charge in [-0.1, -0.05) is 24.3 Å². The molecule has 2 aromatic heterocycles. The minimum atomic E-state index is 0.147. The molecular formula is C25H29N3O2S. The standard InChI is InChI=1S/C25H29N3O2S/c1-17-5-6-19(14-18(17)2)15-27-9-7-20(16-27)22-21-4-3-8-26-24(21)31-23(22)25(29)28-10-12-30-13-11-28/h3-6,8,14,20H,7,9-13,15-16H2,1-2H3. The Bertz CT molecular complexity index is 1100. The molecule has 1 unspecified atom stereocenters. The second-order valence-corrected chi connectivity index (χ2v) is 9.74. The van der Waals surface area contributed by atoms with Crippen LogP contribution in [-0.2, 0) is 11.3 Å². The van der Waals surface area contributed by atoms with Gasteiger partial charge in [0.1, 0.15) is 4.83 Å². The smallest absolute Gasteiger partial charge is 0.264 e. The monoisotopic (exact) mass is 435 g/mol. The van der Waals surface area contributed by atoms with Crippen molar-refractivity contribution >= 4 is 27.5 Å². The van der Waals surface area contributed by atoms with Crippen LogP contribution in [0.1, 0.15) is 44.3 Å². The van der Waals surface area contributed by atoms with Crippen molar-refractivity contribution in [2.24, 2.45) is 0 Å². The van der Waals surface area contributed by atoms with Crippen LogP contribution in [0.25, 0.3) is 10.2 Å². The summed E-state index contributed by atoms with van der Waals surface area (Å²) < 4.78 is 5.45. The number of hydrogen-bond acceptors (Lipinski definition) is 5. The summed E-state index contributed by atoms with van der Waals surface area (Å²) in [6, 6.07) is 10.9. The van der Waals surface area contributed by atoms with Gasteiger partial charge in [-0.25, -0.2) is 4.98 Å². The van der Waals surface area contributed by atoms with E-state index in [1.807, 2.05) is 17.2 Å². The van der Waals surface area contributed by atoms with Gasteiger partial charge >= 0.3 is 0 Å². The number of carbonyl (C=O) groups excluding carboxylic acids is 1. The van der Waals surface area contributed by atoms with Gasteiger partial charge in [-0.15, -0.1) is 11.3 Å². The minimum Gasteiger partial charge on any atom is -0.378 e. The summed E-state index contributed by atoms with van der Waals surface area (Å²) in [6.45, 7) is 9.93. The number of likely N-dealkylation sites (tertiary alicyclic amines) is 1. The van der Waals surface area contributed by atoms with E-state index in [0.29, 0.717) is 32.2 Å². The van der Waals surface area contributed by atoms with Gasteiger partial charge in [0.05, 0.1) is 18.1 Å². The summed E-state index contributed by atoms with van der Waals surface area (Å²) in [4.78, 5) is 24.3. The molecule has 0 saturated carbocycles. The predicted octanol–water partition coefficient (Wildman–Crippen LogP) is 4.38. The Morgan fingerprint density at radius 2 is 2.00 bits per heavy atom. The fourth-order valence-electron chi connectivity index (χ4n) is 4.80. The predicted molar refractivity (Wildman–Crippen MR) is 125 cm³/mol. The molecule has 1 aromatic carbocycles. The molecule has 31 heavy (non-hydrogen) atoms. The van der Waals surface area contributed by atoms with Crippen molar-refractivity contribution in [1.29, 1.82) is 0 Å². The van der Waals surface area contributed by atoms with E-state index < -0.39 is 0 Å². The molecule has 0 radical (unpaired) electrons. The van der Waals surface area contributed by atoms with Gasteiger partial charge in [0.15, 0.2) is 0 Å². The van der Waals surface area contributed by atoms with Crippen LogP contribution in [0.4, 0.5) is 0 Å². The molecule has 0 spiro atoms. The fraction of sp³-hybridized carbons (Fsp3) is 0.440. The van der Waals surface area contributed by atoms with Crippen LogP contribution in [0, 0.1) is 13.8 Å². The van der Waals surface area contributed by atoms with Gasteiger partial charge < -0.3 is 9.64 Å². The molecule has 0 aliphatic carbocycles. The van der Waals surface area contributed by atoms with Crippen LogP contribution in [0.3, 0.4) is 0 Å². The quantitative estimate of drug-likeness (QED) is 0.610. The average Bonchev–Trinajstić information content (AvgIpc) is 3.40. The molecule has 4 heterocycles. The Hall–Kier alpha value is -2.28. The van der Waals surface area contributed by atoms with Crippen LogP contribution in [-0.4, -0.2) is 60.1 Å². The first-order chi connectivity index (χ1) is 15.1. The largest absolute Gasteiger partial charge is 0.378 e. The SMILES string of the molecule is Cc1ccc(CN2CCC(c3c(C(=O)N4CCOCC4)sc4ncccc34)C2)cc1C. The van der Waals surface area contributed by atoms with E-state index in [0.717, 1.165) is 41.1 Å². The number of morpholine rings is 1. The number of ether oxygens (including phenoxy) is 1. The van der Waals surface area contributed by atoms with Gasteiger partial charge in [0, 0.05) is 43.7 Å². The van der Waals surface area contributed by atoms with E-state index in [9.17, 15) is 4.79 Å². The average molecular weight is 436 g/mol. The highest BCUT2D eigenvalue weighted by Crippen LogP contribution is 2.40. The summed E-state index contributed by atoms with van der Waals surface area (Å²) >= 11 is 1.56. The van der Waals surface area contributed by atoms with Crippen molar-refractivity contribution < 1.29 is 9.53 Å². The maximum atomic E-state index is 13.4. The Kier molecular flexibility index (Phi) is 5.78. The highest BCUT2D eigenvalue weighted by molar-refractivity contribution is 7.20. The van der Waals surface area contributed by atoms with E-state index in [1.165, 1.54) is 22.3 Å². The molecule has 5 nitrogen and oxygen atoms in total. The number of nitrogens with zero attached hydrogens (tertiary/aromatic N) is 3. The molecular weight excluding hydrogens is 406 g/mol. The molecule has 2 aliphatic rings. The Morgan fingerprint density at radius 1 is 1.16 bits per heavy atom. The number of carbonyl (C=O) groups is 1.